The summed E-state index contributed by atoms with van der Waals surface area (Å²) in [6.45, 7) is 4.31. The molecule has 3 heteroatoms. The van der Waals surface area contributed by atoms with Crippen LogP contribution >= 0.6 is 22.6 Å². The average Bonchev–Trinajstić information content (AvgIpc) is 2.28. The topological polar surface area (TPSA) is 21.3 Å². The Balaban J connectivity index is 2.08. The molecule has 2 heterocycles. The Morgan fingerprint density at radius 2 is 1.94 bits per heavy atom. The first-order chi connectivity index (χ1) is 8.11. The molecule has 1 aromatic rings. The summed E-state index contributed by atoms with van der Waals surface area (Å²) in [5.41, 5.74) is 2.85. The SMILES string of the molecule is CC1(I)Cc2ccccc2C2(CCNCC2)O1. The third kappa shape index (κ3) is 2.13. The molecule has 1 fully saturated rings. The van der Waals surface area contributed by atoms with Crippen LogP contribution in [0.3, 0.4) is 0 Å². The van der Waals surface area contributed by atoms with E-state index in [0.717, 1.165) is 32.4 Å². The van der Waals surface area contributed by atoms with Crippen LogP contribution in [-0.4, -0.2) is 16.7 Å². The van der Waals surface area contributed by atoms with Gasteiger partial charge in [-0.2, -0.15) is 0 Å². The molecule has 2 aliphatic rings. The maximum absolute atomic E-state index is 6.48. The Hall–Kier alpha value is -0.130. The van der Waals surface area contributed by atoms with Crippen molar-refractivity contribution in [1.82, 2.24) is 5.32 Å². The molecule has 2 aliphatic heterocycles. The van der Waals surface area contributed by atoms with Crippen molar-refractivity contribution in [1.29, 1.82) is 0 Å². The fourth-order valence-corrected chi connectivity index (χ4v) is 3.99. The lowest BCUT2D eigenvalue weighted by Gasteiger charge is -2.47. The first kappa shape index (κ1) is 11.9. The van der Waals surface area contributed by atoms with Gasteiger partial charge in [0.1, 0.15) is 3.61 Å². The lowest BCUT2D eigenvalue weighted by atomic mass is 9.79. The van der Waals surface area contributed by atoms with E-state index in [4.69, 9.17) is 4.74 Å². The maximum atomic E-state index is 6.48. The molecule has 0 amide bonds. The van der Waals surface area contributed by atoms with E-state index >= 15 is 0 Å². The van der Waals surface area contributed by atoms with Gasteiger partial charge in [0.25, 0.3) is 0 Å². The van der Waals surface area contributed by atoms with E-state index < -0.39 is 0 Å². The molecule has 0 aliphatic carbocycles. The van der Waals surface area contributed by atoms with E-state index in [-0.39, 0.29) is 9.21 Å². The first-order valence-corrected chi connectivity index (χ1v) is 7.37. The van der Waals surface area contributed by atoms with E-state index in [1.807, 2.05) is 0 Å². The fourth-order valence-electron chi connectivity index (χ4n) is 3.16. The van der Waals surface area contributed by atoms with Crippen LogP contribution in [-0.2, 0) is 16.8 Å². The Morgan fingerprint density at radius 3 is 2.71 bits per heavy atom. The molecule has 17 heavy (non-hydrogen) atoms. The number of ether oxygens (including phenoxy) is 1. The maximum Gasteiger partial charge on any atom is 0.121 e. The first-order valence-electron chi connectivity index (χ1n) is 6.30. The molecule has 1 saturated heterocycles. The molecular weight excluding hydrogens is 325 g/mol. The van der Waals surface area contributed by atoms with Crippen LogP contribution in [0.4, 0.5) is 0 Å². The normalized spacial score (nSPS) is 31.2. The van der Waals surface area contributed by atoms with Gasteiger partial charge in [-0.25, -0.2) is 0 Å². The van der Waals surface area contributed by atoms with Crippen molar-refractivity contribution >= 4 is 22.6 Å². The van der Waals surface area contributed by atoms with Crippen LogP contribution < -0.4 is 5.32 Å². The molecule has 0 aromatic heterocycles. The van der Waals surface area contributed by atoms with Crippen LogP contribution in [0.2, 0.25) is 0 Å². The predicted molar refractivity (Wildman–Crippen MR) is 77.4 cm³/mol. The molecule has 0 bridgehead atoms. The molecule has 1 aromatic carbocycles. The number of alkyl halides is 1. The van der Waals surface area contributed by atoms with Gasteiger partial charge in [0.2, 0.25) is 0 Å². The van der Waals surface area contributed by atoms with Crippen LogP contribution in [0.5, 0.6) is 0 Å². The average molecular weight is 343 g/mol. The highest BCUT2D eigenvalue weighted by Gasteiger charge is 2.45. The Bertz CT molecular complexity index is 424. The summed E-state index contributed by atoms with van der Waals surface area (Å²) in [6, 6.07) is 8.80. The van der Waals surface area contributed by atoms with E-state index in [1.165, 1.54) is 11.1 Å². The standard InChI is InChI=1S/C14H18INO/c1-13(15)10-11-4-2-3-5-12(11)14(17-13)6-8-16-9-7-14/h2-5,16H,6-10H2,1H3. The molecule has 0 saturated carbocycles. The van der Waals surface area contributed by atoms with E-state index in [1.54, 1.807) is 0 Å². The highest BCUT2D eigenvalue weighted by atomic mass is 127. The Labute approximate surface area is 116 Å². The number of piperidine rings is 1. The van der Waals surface area contributed by atoms with Crippen molar-refractivity contribution in [2.45, 2.75) is 35.4 Å². The fraction of sp³-hybridized carbons (Fsp3) is 0.571. The number of nitrogens with one attached hydrogen (secondary N) is 1. The summed E-state index contributed by atoms with van der Waals surface area (Å²) in [5, 5.41) is 3.43. The number of rotatable bonds is 0. The molecule has 1 atom stereocenters. The van der Waals surface area contributed by atoms with Crippen molar-refractivity contribution in [3.8, 4) is 0 Å². The summed E-state index contributed by atoms with van der Waals surface area (Å²) in [5.74, 6) is 0. The quantitative estimate of drug-likeness (QED) is 0.578. The second-order valence-corrected chi connectivity index (χ2v) is 7.56. The van der Waals surface area contributed by atoms with Gasteiger partial charge in [-0.1, -0.05) is 24.3 Å². The summed E-state index contributed by atoms with van der Waals surface area (Å²) in [6.07, 6.45) is 3.18. The predicted octanol–water partition coefficient (Wildman–Crippen LogP) is 2.99. The third-order valence-corrected chi connectivity index (χ3v) is 4.44. The van der Waals surface area contributed by atoms with Crippen molar-refractivity contribution in [3.05, 3.63) is 35.4 Å². The van der Waals surface area contributed by atoms with Gasteiger partial charge >= 0.3 is 0 Å². The number of fused-ring (bicyclic) bond motifs is 2. The highest BCUT2D eigenvalue weighted by molar-refractivity contribution is 14.1. The summed E-state index contributed by atoms with van der Waals surface area (Å²) in [4.78, 5) is 0. The zero-order valence-corrected chi connectivity index (χ0v) is 12.3. The second kappa shape index (κ2) is 4.21. The molecular formula is C14H18INO. The van der Waals surface area contributed by atoms with Crippen LogP contribution in [0.15, 0.2) is 24.3 Å². The molecule has 1 spiro atoms. The molecule has 1 unspecified atom stereocenters. The van der Waals surface area contributed by atoms with Gasteiger partial charge in [-0.05, 0) is 66.6 Å². The van der Waals surface area contributed by atoms with Crippen LogP contribution in [0.25, 0.3) is 0 Å². The Kier molecular flexibility index (Phi) is 2.96. The zero-order valence-electron chi connectivity index (χ0n) is 10.1. The minimum Gasteiger partial charge on any atom is -0.353 e. The van der Waals surface area contributed by atoms with Gasteiger partial charge in [0.15, 0.2) is 0 Å². The van der Waals surface area contributed by atoms with Crippen LogP contribution in [0, 0.1) is 0 Å². The molecule has 0 radical (unpaired) electrons. The Morgan fingerprint density at radius 1 is 1.24 bits per heavy atom. The number of hydrogen-bond donors (Lipinski definition) is 1. The van der Waals surface area contributed by atoms with Gasteiger partial charge in [-0.15, -0.1) is 0 Å². The number of halogens is 1. The minimum atomic E-state index is -0.0660. The van der Waals surface area contributed by atoms with Gasteiger partial charge in [0.05, 0.1) is 5.60 Å². The molecule has 92 valence electrons. The lowest BCUT2D eigenvalue weighted by molar-refractivity contribution is -0.128. The van der Waals surface area contributed by atoms with Gasteiger partial charge in [0, 0.05) is 6.42 Å². The van der Waals surface area contributed by atoms with E-state index in [9.17, 15) is 0 Å². The minimum absolute atomic E-state index is 0.0456. The second-order valence-electron chi connectivity index (χ2n) is 5.28. The lowest BCUT2D eigenvalue weighted by Crippen LogP contribution is -2.49. The largest absolute Gasteiger partial charge is 0.353 e. The van der Waals surface area contributed by atoms with Crippen molar-refractivity contribution < 1.29 is 4.74 Å². The van der Waals surface area contributed by atoms with Gasteiger partial charge < -0.3 is 10.1 Å². The monoisotopic (exact) mass is 343 g/mol. The molecule has 2 nitrogen and oxygen atoms in total. The van der Waals surface area contributed by atoms with E-state index in [0.29, 0.717) is 0 Å². The van der Waals surface area contributed by atoms with E-state index in [2.05, 4.69) is 59.1 Å². The molecule has 1 N–H and O–H groups in total. The number of hydrogen-bond acceptors (Lipinski definition) is 2. The summed E-state index contributed by atoms with van der Waals surface area (Å²) in [7, 11) is 0. The molecule has 3 rings (SSSR count). The highest BCUT2D eigenvalue weighted by Crippen LogP contribution is 2.47. The summed E-state index contributed by atoms with van der Waals surface area (Å²) >= 11 is 2.46. The number of benzene rings is 1. The van der Waals surface area contributed by atoms with Crippen molar-refractivity contribution in [2.75, 3.05) is 13.1 Å². The zero-order chi connectivity index (χ0) is 11.9. The van der Waals surface area contributed by atoms with Crippen LogP contribution in [0.1, 0.15) is 30.9 Å². The summed E-state index contributed by atoms with van der Waals surface area (Å²) < 4.78 is 6.41. The third-order valence-electron chi connectivity index (χ3n) is 3.83. The smallest absolute Gasteiger partial charge is 0.121 e. The van der Waals surface area contributed by atoms with Gasteiger partial charge in [-0.3, -0.25) is 0 Å². The van der Waals surface area contributed by atoms with Crippen molar-refractivity contribution in [2.24, 2.45) is 0 Å². The van der Waals surface area contributed by atoms with Crippen molar-refractivity contribution in [3.63, 3.8) is 0 Å².